The fraction of sp³-hybridized carbons (Fsp3) is 0.167. The molecule has 76 valence electrons. The number of ketones is 1. The second kappa shape index (κ2) is 4.36. The van der Waals surface area contributed by atoms with Gasteiger partial charge in [-0.05, 0) is 30.5 Å². The summed E-state index contributed by atoms with van der Waals surface area (Å²) < 4.78 is 0. The van der Waals surface area contributed by atoms with Gasteiger partial charge in [0.1, 0.15) is 5.69 Å². The van der Waals surface area contributed by atoms with Crippen LogP contribution in [0.2, 0.25) is 0 Å². The van der Waals surface area contributed by atoms with Crippen molar-refractivity contribution in [3.63, 3.8) is 0 Å². The molecule has 0 unspecified atom stereocenters. The Balaban J connectivity index is 2.15. The number of hydrogen-bond acceptors (Lipinski definition) is 3. The van der Waals surface area contributed by atoms with Crippen LogP contribution >= 0.6 is 11.3 Å². The lowest BCUT2D eigenvalue weighted by Gasteiger charge is -1.99. The Morgan fingerprint density at radius 2 is 2.20 bits per heavy atom. The van der Waals surface area contributed by atoms with Crippen molar-refractivity contribution >= 4 is 17.1 Å². The molecule has 0 amide bonds. The number of aromatic nitrogens is 1. The van der Waals surface area contributed by atoms with Crippen LogP contribution in [0.25, 0.3) is 0 Å². The normalized spacial score (nSPS) is 10.2. The second-order valence-electron chi connectivity index (χ2n) is 3.34. The first-order chi connectivity index (χ1) is 7.25. The molecule has 0 aliphatic rings. The van der Waals surface area contributed by atoms with E-state index < -0.39 is 0 Å². The van der Waals surface area contributed by atoms with Gasteiger partial charge in [-0.1, -0.05) is 12.1 Å². The van der Waals surface area contributed by atoms with E-state index in [1.165, 1.54) is 0 Å². The predicted molar refractivity (Wildman–Crippen MR) is 61.3 cm³/mol. The topological polar surface area (TPSA) is 30.0 Å². The number of hydrogen-bond donors (Lipinski definition) is 0. The number of pyridine rings is 1. The first kappa shape index (κ1) is 10.1. The molecule has 2 rings (SSSR count). The molecule has 2 aromatic rings. The van der Waals surface area contributed by atoms with Crippen LogP contribution in [-0.4, -0.2) is 10.8 Å². The lowest BCUT2D eigenvalue weighted by Crippen LogP contribution is -2.05. The zero-order valence-corrected chi connectivity index (χ0v) is 9.25. The van der Waals surface area contributed by atoms with Crippen molar-refractivity contribution in [2.45, 2.75) is 13.3 Å². The molecular weight excluding hydrogens is 206 g/mol. The summed E-state index contributed by atoms with van der Waals surface area (Å²) in [5.41, 5.74) is 1.44. The van der Waals surface area contributed by atoms with Gasteiger partial charge in [-0.2, -0.15) is 0 Å². The molecule has 3 heteroatoms. The molecule has 0 spiro atoms. The van der Waals surface area contributed by atoms with E-state index in [2.05, 4.69) is 4.98 Å². The van der Waals surface area contributed by atoms with Crippen molar-refractivity contribution < 1.29 is 4.79 Å². The van der Waals surface area contributed by atoms with Gasteiger partial charge in [0, 0.05) is 17.0 Å². The largest absolute Gasteiger partial charge is 0.292 e. The van der Waals surface area contributed by atoms with E-state index in [1.807, 2.05) is 36.6 Å². The Kier molecular flexibility index (Phi) is 2.92. The van der Waals surface area contributed by atoms with Gasteiger partial charge in [-0.3, -0.25) is 9.78 Å². The first-order valence-electron chi connectivity index (χ1n) is 4.75. The van der Waals surface area contributed by atoms with E-state index in [4.69, 9.17) is 0 Å². The number of aryl methyl sites for hydroxylation is 1. The van der Waals surface area contributed by atoms with Gasteiger partial charge >= 0.3 is 0 Å². The maximum Gasteiger partial charge on any atom is 0.186 e. The van der Waals surface area contributed by atoms with Crippen LogP contribution in [0, 0.1) is 6.92 Å². The number of thiophene rings is 1. The maximum absolute atomic E-state index is 11.8. The molecule has 0 atom stereocenters. The third-order valence-corrected chi connectivity index (χ3v) is 2.97. The first-order valence-corrected chi connectivity index (χ1v) is 5.63. The Morgan fingerprint density at radius 1 is 1.33 bits per heavy atom. The van der Waals surface area contributed by atoms with Crippen molar-refractivity contribution in [3.8, 4) is 0 Å². The Hall–Kier alpha value is -1.48. The van der Waals surface area contributed by atoms with Crippen molar-refractivity contribution in [1.82, 2.24) is 4.98 Å². The Bertz CT molecular complexity index is 462. The fourth-order valence-electron chi connectivity index (χ4n) is 1.36. The van der Waals surface area contributed by atoms with Crippen LogP contribution in [0.5, 0.6) is 0 Å². The van der Waals surface area contributed by atoms with Crippen LogP contribution in [-0.2, 0) is 6.42 Å². The summed E-state index contributed by atoms with van der Waals surface area (Å²) >= 11 is 1.60. The lowest BCUT2D eigenvalue weighted by molar-refractivity contribution is 0.0989. The summed E-state index contributed by atoms with van der Waals surface area (Å²) in [5, 5.41) is 1.98. The van der Waals surface area contributed by atoms with Crippen molar-refractivity contribution in [1.29, 1.82) is 0 Å². The summed E-state index contributed by atoms with van der Waals surface area (Å²) in [4.78, 5) is 17.1. The second-order valence-corrected chi connectivity index (χ2v) is 4.38. The fourth-order valence-corrected chi connectivity index (χ4v) is 2.06. The summed E-state index contributed by atoms with van der Waals surface area (Å²) in [7, 11) is 0. The highest BCUT2D eigenvalue weighted by Gasteiger charge is 2.08. The highest BCUT2D eigenvalue weighted by Crippen LogP contribution is 2.12. The van der Waals surface area contributed by atoms with Gasteiger partial charge in [0.2, 0.25) is 0 Å². The molecule has 0 radical (unpaired) electrons. The van der Waals surface area contributed by atoms with Crippen LogP contribution < -0.4 is 0 Å². The molecule has 0 aliphatic heterocycles. The molecule has 0 fully saturated rings. The van der Waals surface area contributed by atoms with Crippen LogP contribution in [0.1, 0.15) is 21.1 Å². The number of Topliss-reactive ketones (excluding diaryl/α,β-unsaturated/α-hetero) is 1. The van der Waals surface area contributed by atoms with E-state index in [9.17, 15) is 4.79 Å². The molecule has 0 saturated carbocycles. The molecule has 0 aromatic carbocycles. The van der Waals surface area contributed by atoms with Gasteiger partial charge in [-0.15, -0.1) is 11.3 Å². The van der Waals surface area contributed by atoms with Crippen LogP contribution in [0.4, 0.5) is 0 Å². The van der Waals surface area contributed by atoms with E-state index in [-0.39, 0.29) is 5.78 Å². The Labute approximate surface area is 92.6 Å². The number of rotatable bonds is 3. The van der Waals surface area contributed by atoms with Gasteiger partial charge < -0.3 is 0 Å². The van der Waals surface area contributed by atoms with Gasteiger partial charge in [0.25, 0.3) is 0 Å². The zero-order valence-electron chi connectivity index (χ0n) is 8.43. The number of carbonyl (C=O) groups is 1. The summed E-state index contributed by atoms with van der Waals surface area (Å²) in [6.45, 7) is 1.89. The highest BCUT2D eigenvalue weighted by atomic mass is 32.1. The Morgan fingerprint density at radius 3 is 2.87 bits per heavy atom. The average Bonchev–Trinajstić information content (AvgIpc) is 2.70. The minimum Gasteiger partial charge on any atom is -0.292 e. The number of carbonyl (C=O) groups excluding carboxylic acids is 1. The van der Waals surface area contributed by atoms with Gasteiger partial charge in [0.15, 0.2) is 5.78 Å². The quantitative estimate of drug-likeness (QED) is 0.740. The summed E-state index contributed by atoms with van der Waals surface area (Å²) in [6, 6.07) is 9.45. The highest BCUT2D eigenvalue weighted by molar-refractivity contribution is 7.10. The third-order valence-electron chi connectivity index (χ3n) is 2.09. The molecule has 0 saturated heterocycles. The maximum atomic E-state index is 11.8. The van der Waals surface area contributed by atoms with Crippen LogP contribution in [0.3, 0.4) is 0 Å². The average molecular weight is 217 g/mol. The summed E-state index contributed by atoms with van der Waals surface area (Å²) in [6.07, 6.45) is 0.452. The zero-order chi connectivity index (χ0) is 10.7. The smallest absolute Gasteiger partial charge is 0.186 e. The molecule has 2 heterocycles. The minimum absolute atomic E-state index is 0.0844. The van der Waals surface area contributed by atoms with Gasteiger partial charge in [0.05, 0.1) is 0 Å². The van der Waals surface area contributed by atoms with Crippen LogP contribution in [0.15, 0.2) is 35.7 Å². The van der Waals surface area contributed by atoms with Crippen molar-refractivity contribution in [3.05, 3.63) is 52.0 Å². The molecule has 0 aliphatic carbocycles. The minimum atomic E-state index is 0.0844. The third kappa shape index (κ3) is 2.50. The molecular formula is C12H11NOS. The van der Waals surface area contributed by atoms with E-state index in [0.29, 0.717) is 12.1 Å². The molecule has 2 aromatic heterocycles. The molecule has 15 heavy (non-hydrogen) atoms. The van der Waals surface area contributed by atoms with E-state index in [1.54, 1.807) is 17.4 Å². The molecule has 0 N–H and O–H groups in total. The van der Waals surface area contributed by atoms with E-state index >= 15 is 0 Å². The monoisotopic (exact) mass is 217 g/mol. The molecule has 0 bridgehead atoms. The summed E-state index contributed by atoms with van der Waals surface area (Å²) in [5.74, 6) is 0.0844. The molecule has 2 nitrogen and oxygen atoms in total. The SMILES string of the molecule is Cc1cccc(C(=O)Cc2cccs2)n1. The number of nitrogens with zero attached hydrogens (tertiary/aromatic N) is 1. The van der Waals surface area contributed by atoms with Crippen molar-refractivity contribution in [2.24, 2.45) is 0 Å². The lowest BCUT2D eigenvalue weighted by atomic mass is 10.1. The standard InChI is InChI=1S/C12H11NOS/c1-9-4-2-6-11(13-9)12(14)8-10-5-3-7-15-10/h2-7H,8H2,1H3. The van der Waals surface area contributed by atoms with E-state index in [0.717, 1.165) is 10.6 Å². The predicted octanol–water partition coefficient (Wildman–Crippen LogP) is 2.88. The van der Waals surface area contributed by atoms with Crippen molar-refractivity contribution in [2.75, 3.05) is 0 Å². The van der Waals surface area contributed by atoms with Gasteiger partial charge in [-0.25, -0.2) is 0 Å².